The number of hydrogen-bond donors (Lipinski definition) is 1. The minimum atomic E-state index is -4.62. The van der Waals surface area contributed by atoms with Gasteiger partial charge in [0.25, 0.3) is 0 Å². The van der Waals surface area contributed by atoms with E-state index in [1.165, 1.54) is 18.5 Å². The molecule has 1 N–H and O–H groups in total. The van der Waals surface area contributed by atoms with Gasteiger partial charge in [0.1, 0.15) is 23.2 Å². The fourth-order valence-electron chi connectivity index (χ4n) is 4.40. The number of aryl methyl sites for hydroxylation is 1. The van der Waals surface area contributed by atoms with E-state index in [1.807, 2.05) is 6.07 Å². The van der Waals surface area contributed by atoms with Gasteiger partial charge in [0.15, 0.2) is 11.4 Å². The molecule has 202 valence electrons. The Balaban J connectivity index is 1.53. The number of nitrogens with zero attached hydrogens (tertiary/aromatic N) is 4. The highest BCUT2D eigenvalue weighted by atomic mass is 19.4. The predicted octanol–water partition coefficient (Wildman–Crippen LogP) is 6.24. The molecule has 0 saturated carbocycles. The number of aromatic nitrogens is 4. The third-order valence-corrected chi connectivity index (χ3v) is 6.24. The summed E-state index contributed by atoms with van der Waals surface area (Å²) < 4.78 is 68.4. The van der Waals surface area contributed by atoms with Gasteiger partial charge in [0.05, 0.1) is 0 Å². The Labute approximate surface area is 221 Å². The van der Waals surface area contributed by atoms with E-state index in [9.17, 15) is 17.6 Å². The maximum atomic E-state index is 14.2. The summed E-state index contributed by atoms with van der Waals surface area (Å²) in [6, 6.07) is 14.0. The molecule has 0 fully saturated rings. The molecule has 11 heteroatoms. The summed E-state index contributed by atoms with van der Waals surface area (Å²) in [6.45, 7) is 1.41. The van der Waals surface area contributed by atoms with Gasteiger partial charge >= 0.3 is 6.18 Å². The molecule has 0 aliphatic carbocycles. The molecule has 2 heterocycles. The van der Waals surface area contributed by atoms with Crippen LogP contribution in [0.5, 0.6) is 0 Å². The van der Waals surface area contributed by atoms with Gasteiger partial charge in [-0.1, -0.05) is 18.2 Å². The van der Waals surface area contributed by atoms with Crippen LogP contribution in [0.25, 0.3) is 45.1 Å². The molecular formula is C28H25F4N5O2. The Kier molecular flexibility index (Phi) is 7.45. The number of oxazole rings is 1. The Morgan fingerprint density at radius 2 is 1.85 bits per heavy atom. The Bertz CT molecular complexity index is 1610. The van der Waals surface area contributed by atoms with E-state index in [0.29, 0.717) is 46.8 Å². The highest BCUT2D eigenvalue weighted by molar-refractivity contribution is 5.84. The van der Waals surface area contributed by atoms with E-state index in [1.54, 1.807) is 49.1 Å². The molecule has 0 spiro atoms. The van der Waals surface area contributed by atoms with Crippen LogP contribution in [0, 0.1) is 5.82 Å². The zero-order valence-electron chi connectivity index (χ0n) is 21.2. The Morgan fingerprint density at radius 1 is 1.03 bits per heavy atom. The maximum Gasteiger partial charge on any atom is 0.420 e. The summed E-state index contributed by atoms with van der Waals surface area (Å²) in [5.74, 6) is 0.0790. The number of benzene rings is 3. The lowest BCUT2D eigenvalue weighted by molar-refractivity contribution is -0.136. The fourth-order valence-corrected chi connectivity index (χ4v) is 4.40. The number of alkyl halides is 3. The Hall–Kier alpha value is -4.09. The molecule has 3 aromatic carbocycles. The van der Waals surface area contributed by atoms with E-state index in [-0.39, 0.29) is 23.5 Å². The Morgan fingerprint density at radius 3 is 2.59 bits per heavy atom. The highest BCUT2D eigenvalue weighted by Crippen LogP contribution is 2.39. The summed E-state index contributed by atoms with van der Waals surface area (Å²) in [5.41, 5.74) is 1.70. The zero-order chi connectivity index (χ0) is 27.6. The van der Waals surface area contributed by atoms with E-state index in [0.717, 1.165) is 12.5 Å². The maximum absolute atomic E-state index is 14.2. The molecule has 2 aromatic heterocycles. The van der Waals surface area contributed by atoms with E-state index < -0.39 is 17.6 Å². The predicted molar refractivity (Wildman–Crippen MR) is 138 cm³/mol. The molecular weight excluding hydrogens is 514 g/mol. The van der Waals surface area contributed by atoms with Gasteiger partial charge in [-0.3, -0.25) is 0 Å². The van der Waals surface area contributed by atoms with Crippen molar-refractivity contribution in [1.29, 1.82) is 0 Å². The summed E-state index contributed by atoms with van der Waals surface area (Å²) in [5, 5.41) is 11.1. The quantitative estimate of drug-likeness (QED) is 0.177. The molecule has 0 atom stereocenters. The normalized spacial score (nSPS) is 11.9. The lowest BCUT2D eigenvalue weighted by atomic mass is 9.97. The van der Waals surface area contributed by atoms with Crippen LogP contribution < -0.4 is 5.32 Å². The standard InChI is InChI=1S/C28H25F4N5O2/c1-37-16-34-36-26(37)22-14-20(29)7-8-21(22)18-5-3-6-19(13-18)27-35-24-12-17(15-33-9-4-10-38-2)11-23(25(24)39-27)28(30,31)32/h3,5-8,11-14,16,33H,4,9-10,15H2,1-2H3. The molecule has 0 amide bonds. The van der Waals surface area contributed by atoms with Crippen LogP contribution in [0.1, 0.15) is 17.5 Å². The molecule has 0 saturated heterocycles. The summed E-state index contributed by atoms with van der Waals surface area (Å²) in [4.78, 5) is 4.41. The average molecular weight is 540 g/mol. The van der Waals surface area contributed by atoms with Crippen LogP contribution in [0.15, 0.2) is 65.3 Å². The SMILES string of the molecule is COCCCNCc1cc(C(F)(F)F)c2oc(-c3cccc(-c4ccc(F)cc4-c4nncn4C)c3)nc2c1. The molecule has 7 nitrogen and oxygen atoms in total. The van der Waals surface area contributed by atoms with Gasteiger partial charge in [0, 0.05) is 38.4 Å². The first-order valence-corrected chi connectivity index (χ1v) is 12.2. The summed E-state index contributed by atoms with van der Waals surface area (Å²) >= 11 is 0. The number of methoxy groups -OCH3 is 1. The first-order valence-electron chi connectivity index (χ1n) is 12.2. The van der Waals surface area contributed by atoms with Gasteiger partial charge in [-0.25, -0.2) is 9.37 Å². The number of nitrogens with one attached hydrogen (secondary N) is 1. The molecule has 0 aliphatic rings. The minimum Gasteiger partial charge on any atom is -0.435 e. The molecule has 5 rings (SSSR count). The second-order valence-electron chi connectivity index (χ2n) is 9.07. The number of fused-ring (bicyclic) bond motifs is 1. The van der Waals surface area contributed by atoms with E-state index >= 15 is 0 Å². The number of halogens is 4. The molecule has 0 radical (unpaired) electrons. The van der Waals surface area contributed by atoms with Crippen LogP contribution in [0.4, 0.5) is 17.6 Å². The smallest absolute Gasteiger partial charge is 0.420 e. The van der Waals surface area contributed by atoms with Gasteiger partial charge in [0.2, 0.25) is 5.89 Å². The topological polar surface area (TPSA) is 78.0 Å². The van der Waals surface area contributed by atoms with E-state index in [2.05, 4.69) is 20.5 Å². The first-order chi connectivity index (χ1) is 18.7. The third-order valence-electron chi connectivity index (χ3n) is 6.24. The fraction of sp³-hybridized carbons (Fsp3) is 0.250. The average Bonchev–Trinajstić information content (AvgIpc) is 3.53. The first kappa shape index (κ1) is 26.5. The van der Waals surface area contributed by atoms with Gasteiger partial charge in [-0.15, -0.1) is 10.2 Å². The molecule has 0 bridgehead atoms. The van der Waals surface area contributed by atoms with Gasteiger partial charge < -0.3 is 19.0 Å². The lowest BCUT2D eigenvalue weighted by Crippen LogP contribution is -2.17. The lowest BCUT2D eigenvalue weighted by Gasteiger charge is -2.10. The van der Waals surface area contributed by atoms with Crippen LogP contribution >= 0.6 is 0 Å². The highest BCUT2D eigenvalue weighted by Gasteiger charge is 2.35. The molecule has 39 heavy (non-hydrogen) atoms. The largest absolute Gasteiger partial charge is 0.435 e. The van der Waals surface area contributed by atoms with Crippen LogP contribution in [-0.4, -0.2) is 40.0 Å². The second-order valence-corrected chi connectivity index (χ2v) is 9.07. The van der Waals surface area contributed by atoms with Crippen molar-refractivity contribution in [2.45, 2.75) is 19.1 Å². The van der Waals surface area contributed by atoms with Crippen molar-refractivity contribution in [2.24, 2.45) is 7.05 Å². The molecule has 5 aromatic rings. The van der Waals surface area contributed by atoms with Crippen molar-refractivity contribution in [3.8, 4) is 34.0 Å². The van der Waals surface area contributed by atoms with Crippen LogP contribution in [0.3, 0.4) is 0 Å². The number of ether oxygens (including phenoxy) is 1. The third kappa shape index (κ3) is 5.69. The van der Waals surface area contributed by atoms with Crippen molar-refractivity contribution >= 4 is 11.1 Å². The van der Waals surface area contributed by atoms with Crippen LogP contribution in [-0.2, 0) is 24.5 Å². The summed E-state index contributed by atoms with van der Waals surface area (Å²) in [6.07, 6.45) is -2.37. The summed E-state index contributed by atoms with van der Waals surface area (Å²) in [7, 11) is 3.35. The monoisotopic (exact) mass is 539 g/mol. The zero-order valence-corrected chi connectivity index (χ0v) is 21.2. The van der Waals surface area contributed by atoms with Crippen molar-refractivity contribution in [3.05, 3.63) is 77.9 Å². The molecule has 0 aliphatic heterocycles. The van der Waals surface area contributed by atoms with Gasteiger partial charge in [-0.2, -0.15) is 13.2 Å². The second kappa shape index (κ2) is 11.0. The molecule has 0 unspecified atom stereocenters. The van der Waals surface area contributed by atoms with Crippen LogP contribution in [0.2, 0.25) is 0 Å². The number of hydrogen-bond acceptors (Lipinski definition) is 6. The van der Waals surface area contributed by atoms with Gasteiger partial charge in [-0.05, 0) is 66.1 Å². The van der Waals surface area contributed by atoms with Crippen molar-refractivity contribution in [1.82, 2.24) is 25.1 Å². The number of rotatable bonds is 9. The van der Waals surface area contributed by atoms with Crippen molar-refractivity contribution < 1.29 is 26.7 Å². The van der Waals surface area contributed by atoms with Crippen molar-refractivity contribution in [3.63, 3.8) is 0 Å². The van der Waals surface area contributed by atoms with Crippen molar-refractivity contribution in [2.75, 3.05) is 20.3 Å². The minimum absolute atomic E-state index is 0.0462. The van der Waals surface area contributed by atoms with E-state index in [4.69, 9.17) is 9.15 Å².